The van der Waals surface area contributed by atoms with E-state index in [1.54, 1.807) is 0 Å². The van der Waals surface area contributed by atoms with Gasteiger partial charge in [-0.15, -0.1) is 0 Å². The first-order valence-corrected chi connectivity index (χ1v) is 7.27. The van der Waals surface area contributed by atoms with Crippen molar-refractivity contribution in [2.75, 3.05) is 19.7 Å². The van der Waals surface area contributed by atoms with Gasteiger partial charge in [0.25, 0.3) is 5.91 Å². The molecule has 1 aromatic carbocycles. The first-order chi connectivity index (χ1) is 9.33. The van der Waals surface area contributed by atoms with Crippen molar-refractivity contribution < 1.29 is 9.53 Å². The highest BCUT2D eigenvalue weighted by Gasteiger charge is 2.32. The molecule has 0 radical (unpaired) electrons. The van der Waals surface area contributed by atoms with Crippen LogP contribution in [-0.2, 0) is 16.0 Å². The van der Waals surface area contributed by atoms with Crippen molar-refractivity contribution >= 4 is 5.91 Å². The van der Waals surface area contributed by atoms with Gasteiger partial charge in [-0.1, -0.05) is 30.3 Å². The number of carbonyl (C=O) groups excluding carboxylic acids is 1. The number of rotatable bonds is 3. The number of likely N-dealkylation sites (tertiary alicyclic amines) is 1. The Morgan fingerprint density at radius 3 is 2.84 bits per heavy atom. The van der Waals surface area contributed by atoms with E-state index in [4.69, 9.17) is 4.74 Å². The van der Waals surface area contributed by atoms with Gasteiger partial charge in [-0.25, -0.2) is 0 Å². The summed E-state index contributed by atoms with van der Waals surface area (Å²) in [4.78, 5) is 14.3. The molecule has 3 nitrogen and oxygen atoms in total. The molecule has 2 aliphatic rings. The summed E-state index contributed by atoms with van der Waals surface area (Å²) < 4.78 is 5.49. The van der Waals surface area contributed by atoms with E-state index in [-0.39, 0.29) is 12.0 Å². The van der Waals surface area contributed by atoms with Gasteiger partial charge in [0.15, 0.2) is 0 Å². The van der Waals surface area contributed by atoms with Crippen LogP contribution in [0.3, 0.4) is 0 Å². The number of ether oxygens (including phenoxy) is 1. The Kier molecular flexibility index (Phi) is 3.83. The first-order valence-electron chi connectivity index (χ1n) is 7.27. The molecular weight excluding hydrogens is 238 g/mol. The fourth-order valence-corrected chi connectivity index (χ4v) is 3.12. The maximum Gasteiger partial charge on any atom is 0.251 e. The lowest BCUT2D eigenvalue weighted by Crippen LogP contribution is -2.37. The Labute approximate surface area is 114 Å². The lowest BCUT2D eigenvalue weighted by Gasteiger charge is -2.20. The summed E-state index contributed by atoms with van der Waals surface area (Å²) in [5.74, 6) is 0.820. The van der Waals surface area contributed by atoms with E-state index in [0.717, 1.165) is 45.4 Å². The van der Waals surface area contributed by atoms with E-state index >= 15 is 0 Å². The summed E-state index contributed by atoms with van der Waals surface area (Å²) in [5.41, 5.74) is 1.37. The highest BCUT2D eigenvalue weighted by Crippen LogP contribution is 2.23. The molecule has 102 valence electrons. The smallest absolute Gasteiger partial charge is 0.251 e. The van der Waals surface area contributed by atoms with E-state index < -0.39 is 0 Å². The van der Waals surface area contributed by atoms with Crippen molar-refractivity contribution in [1.29, 1.82) is 0 Å². The monoisotopic (exact) mass is 259 g/mol. The molecule has 2 atom stereocenters. The second-order valence-corrected chi connectivity index (χ2v) is 5.63. The Bertz CT molecular complexity index is 426. The van der Waals surface area contributed by atoms with Gasteiger partial charge in [-0.3, -0.25) is 4.79 Å². The number of hydrogen-bond acceptors (Lipinski definition) is 2. The summed E-state index contributed by atoms with van der Waals surface area (Å²) >= 11 is 0. The molecule has 2 unspecified atom stereocenters. The van der Waals surface area contributed by atoms with Gasteiger partial charge in [0.1, 0.15) is 6.10 Å². The summed E-state index contributed by atoms with van der Waals surface area (Å²) in [6, 6.07) is 10.6. The molecule has 2 aliphatic heterocycles. The maximum absolute atomic E-state index is 12.2. The topological polar surface area (TPSA) is 29.5 Å². The van der Waals surface area contributed by atoms with Gasteiger partial charge >= 0.3 is 0 Å². The van der Waals surface area contributed by atoms with Gasteiger partial charge in [0, 0.05) is 19.7 Å². The normalized spacial score (nSPS) is 26.8. The van der Waals surface area contributed by atoms with Crippen molar-refractivity contribution in [3.05, 3.63) is 35.9 Å². The molecule has 0 saturated carbocycles. The fourth-order valence-electron chi connectivity index (χ4n) is 3.12. The third-order valence-electron chi connectivity index (χ3n) is 4.17. The quantitative estimate of drug-likeness (QED) is 0.833. The number of carbonyl (C=O) groups is 1. The van der Waals surface area contributed by atoms with E-state index in [0.29, 0.717) is 5.92 Å². The van der Waals surface area contributed by atoms with Gasteiger partial charge in [-0.05, 0) is 37.2 Å². The zero-order valence-corrected chi connectivity index (χ0v) is 11.3. The third-order valence-corrected chi connectivity index (χ3v) is 4.17. The zero-order valence-electron chi connectivity index (χ0n) is 11.3. The minimum Gasteiger partial charge on any atom is -0.368 e. The SMILES string of the molecule is O=C(C1CCCO1)N1CCC(Cc2ccccc2)C1. The molecule has 3 rings (SSSR count). The molecule has 2 saturated heterocycles. The summed E-state index contributed by atoms with van der Waals surface area (Å²) in [6.07, 6.45) is 3.97. The van der Waals surface area contributed by atoms with Crippen LogP contribution in [0.2, 0.25) is 0 Å². The van der Waals surface area contributed by atoms with Crippen LogP contribution >= 0.6 is 0 Å². The lowest BCUT2D eigenvalue weighted by atomic mass is 9.99. The first kappa shape index (κ1) is 12.7. The van der Waals surface area contributed by atoms with Crippen LogP contribution in [0.1, 0.15) is 24.8 Å². The molecule has 0 aromatic heterocycles. The largest absolute Gasteiger partial charge is 0.368 e. The molecule has 0 N–H and O–H groups in total. The Balaban J connectivity index is 1.53. The van der Waals surface area contributed by atoms with Crippen LogP contribution in [0.15, 0.2) is 30.3 Å². The van der Waals surface area contributed by atoms with Crippen LogP contribution in [-0.4, -0.2) is 36.6 Å². The minimum absolute atomic E-state index is 0.157. The van der Waals surface area contributed by atoms with Gasteiger partial charge in [0.05, 0.1) is 0 Å². The van der Waals surface area contributed by atoms with E-state index in [2.05, 4.69) is 24.3 Å². The molecule has 0 bridgehead atoms. The summed E-state index contributed by atoms with van der Waals surface area (Å²) in [5, 5.41) is 0. The predicted molar refractivity (Wildman–Crippen MR) is 73.8 cm³/mol. The average molecular weight is 259 g/mol. The Morgan fingerprint density at radius 2 is 2.11 bits per heavy atom. The summed E-state index contributed by atoms with van der Waals surface area (Å²) in [7, 11) is 0. The highest BCUT2D eigenvalue weighted by atomic mass is 16.5. The van der Waals surface area contributed by atoms with Crippen LogP contribution < -0.4 is 0 Å². The molecule has 0 spiro atoms. The fraction of sp³-hybridized carbons (Fsp3) is 0.562. The maximum atomic E-state index is 12.2. The standard InChI is InChI=1S/C16H21NO2/c18-16(15-7-4-10-19-15)17-9-8-14(12-17)11-13-5-2-1-3-6-13/h1-3,5-6,14-15H,4,7-12H2. The van der Waals surface area contributed by atoms with Crippen LogP contribution in [0, 0.1) is 5.92 Å². The summed E-state index contributed by atoms with van der Waals surface area (Å²) in [6.45, 7) is 2.54. The minimum atomic E-state index is -0.157. The van der Waals surface area contributed by atoms with E-state index in [1.807, 2.05) is 11.0 Å². The molecule has 3 heteroatoms. The third kappa shape index (κ3) is 2.98. The van der Waals surface area contributed by atoms with Crippen LogP contribution in [0.5, 0.6) is 0 Å². The molecular formula is C16H21NO2. The number of benzene rings is 1. The second kappa shape index (κ2) is 5.74. The lowest BCUT2D eigenvalue weighted by molar-refractivity contribution is -0.139. The molecule has 1 amide bonds. The van der Waals surface area contributed by atoms with Crippen molar-refractivity contribution in [2.45, 2.75) is 31.8 Å². The van der Waals surface area contributed by atoms with Gasteiger partial charge < -0.3 is 9.64 Å². The molecule has 2 fully saturated rings. The van der Waals surface area contributed by atoms with E-state index in [9.17, 15) is 4.79 Å². The predicted octanol–water partition coefficient (Wildman–Crippen LogP) is 2.26. The molecule has 0 aliphatic carbocycles. The van der Waals surface area contributed by atoms with Crippen molar-refractivity contribution in [3.8, 4) is 0 Å². The second-order valence-electron chi connectivity index (χ2n) is 5.63. The number of amides is 1. The van der Waals surface area contributed by atoms with Gasteiger partial charge in [-0.2, -0.15) is 0 Å². The van der Waals surface area contributed by atoms with Gasteiger partial charge in [0.2, 0.25) is 0 Å². The molecule has 1 aromatic rings. The van der Waals surface area contributed by atoms with Crippen LogP contribution in [0.4, 0.5) is 0 Å². The van der Waals surface area contributed by atoms with Crippen molar-refractivity contribution in [1.82, 2.24) is 4.90 Å². The average Bonchev–Trinajstić information content (AvgIpc) is 3.10. The van der Waals surface area contributed by atoms with E-state index in [1.165, 1.54) is 5.56 Å². The Hall–Kier alpha value is -1.35. The number of nitrogens with zero attached hydrogens (tertiary/aromatic N) is 1. The van der Waals surface area contributed by atoms with Crippen molar-refractivity contribution in [2.24, 2.45) is 5.92 Å². The number of hydrogen-bond donors (Lipinski definition) is 0. The molecule has 2 heterocycles. The Morgan fingerprint density at radius 1 is 1.26 bits per heavy atom. The van der Waals surface area contributed by atoms with Crippen LogP contribution in [0.25, 0.3) is 0 Å². The molecule has 19 heavy (non-hydrogen) atoms. The highest BCUT2D eigenvalue weighted by molar-refractivity contribution is 5.81. The zero-order chi connectivity index (χ0) is 13.1. The van der Waals surface area contributed by atoms with Crippen molar-refractivity contribution in [3.63, 3.8) is 0 Å².